The zero-order valence-corrected chi connectivity index (χ0v) is 15.0. The van der Waals surface area contributed by atoms with Gasteiger partial charge in [-0.2, -0.15) is 0 Å². The Hall–Kier alpha value is -2.24. The molecule has 6 heteroatoms. The minimum absolute atomic E-state index is 0.0111. The van der Waals surface area contributed by atoms with Crippen LogP contribution in [0.2, 0.25) is 0 Å². The molecule has 1 aliphatic heterocycles. The summed E-state index contributed by atoms with van der Waals surface area (Å²) < 4.78 is 10.5. The van der Waals surface area contributed by atoms with Gasteiger partial charge < -0.3 is 19.7 Å². The number of methoxy groups -OCH3 is 2. The molecule has 3 rings (SSSR count). The highest BCUT2D eigenvalue weighted by Crippen LogP contribution is 2.48. The van der Waals surface area contributed by atoms with Crippen molar-refractivity contribution < 1.29 is 19.1 Å². The highest BCUT2D eigenvalue weighted by atomic mass is 16.5. The van der Waals surface area contributed by atoms with Crippen molar-refractivity contribution in [2.45, 2.75) is 38.6 Å². The lowest BCUT2D eigenvalue weighted by atomic mass is 10.0. The van der Waals surface area contributed by atoms with E-state index in [1.54, 1.807) is 14.2 Å². The van der Waals surface area contributed by atoms with Gasteiger partial charge in [-0.25, -0.2) is 0 Å². The largest absolute Gasteiger partial charge is 0.493 e. The number of carbonyl (C=O) groups is 2. The topological polar surface area (TPSA) is 67.9 Å². The zero-order chi connectivity index (χ0) is 17.9. The number of nitrogens with one attached hydrogen (secondary N) is 1. The van der Waals surface area contributed by atoms with Gasteiger partial charge in [0, 0.05) is 19.6 Å². The zero-order valence-electron chi connectivity index (χ0n) is 15.0. The molecule has 2 fully saturated rings. The monoisotopic (exact) mass is 346 g/mol. The number of benzene rings is 1. The number of carbonyl (C=O) groups excluding carboxylic acids is 2. The Morgan fingerprint density at radius 3 is 2.36 bits per heavy atom. The molecule has 1 N–H and O–H groups in total. The third-order valence-electron chi connectivity index (χ3n) is 5.14. The van der Waals surface area contributed by atoms with Crippen LogP contribution in [0.1, 0.15) is 37.7 Å². The number of likely N-dealkylation sites (tertiary alicyclic amines) is 1. The van der Waals surface area contributed by atoms with E-state index >= 15 is 0 Å². The molecule has 6 nitrogen and oxygen atoms in total. The van der Waals surface area contributed by atoms with Crippen molar-refractivity contribution in [3.05, 3.63) is 23.8 Å². The van der Waals surface area contributed by atoms with Crippen molar-refractivity contribution in [2.75, 3.05) is 27.3 Å². The summed E-state index contributed by atoms with van der Waals surface area (Å²) in [5.41, 5.74) is 0.0840. The standard InChI is InChI=1S/C19H26N2O4/c1-24-15-7-6-14(12-16(15)25-2)13-20-17(22)19(8-9-19)18(23)21-10-4-3-5-11-21/h6-7,12H,3-5,8-11,13H2,1-2H3,(H,20,22). The Balaban J connectivity index is 1.61. The van der Waals surface area contributed by atoms with Crippen LogP contribution in [0, 0.1) is 5.41 Å². The number of amides is 2. The van der Waals surface area contributed by atoms with Crippen LogP contribution in [0.5, 0.6) is 11.5 Å². The van der Waals surface area contributed by atoms with Gasteiger partial charge in [-0.1, -0.05) is 6.07 Å². The lowest BCUT2D eigenvalue weighted by Crippen LogP contribution is -2.46. The maximum Gasteiger partial charge on any atom is 0.238 e. The Morgan fingerprint density at radius 1 is 1.08 bits per heavy atom. The molecule has 136 valence electrons. The molecule has 0 spiro atoms. The summed E-state index contributed by atoms with van der Waals surface area (Å²) in [6.45, 7) is 1.93. The summed E-state index contributed by atoms with van der Waals surface area (Å²) in [5.74, 6) is 1.13. The van der Waals surface area contributed by atoms with Crippen LogP contribution in [-0.4, -0.2) is 44.0 Å². The number of hydrogen-bond acceptors (Lipinski definition) is 4. The lowest BCUT2D eigenvalue weighted by Gasteiger charge is -2.30. The van der Waals surface area contributed by atoms with E-state index in [9.17, 15) is 9.59 Å². The molecule has 2 aliphatic rings. The first-order chi connectivity index (χ1) is 12.1. The van der Waals surface area contributed by atoms with Crippen molar-refractivity contribution in [3.63, 3.8) is 0 Å². The van der Waals surface area contributed by atoms with Crippen LogP contribution >= 0.6 is 0 Å². The normalized spacial score (nSPS) is 18.4. The van der Waals surface area contributed by atoms with Gasteiger partial charge in [0.25, 0.3) is 0 Å². The van der Waals surface area contributed by atoms with Gasteiger partial charge >= 0.3 is 0 Å². The maximum absolute atomic E-state index is 12.7. The number of piperidine rings is 1. The number of ether oxygens (including phenoxy) is 2. The molecule has 0 radical (unpaired) electrons. The van der Waals surface area contributed by atoms with Gasteiger partial charge in [0.1, 0.15) is 5.41 Å². The molecule has 1 saturated carbocycles. The van der Waals surface area contributed by atoms with Crippen LogP contribution in [0.25, 0.3) is 0 Å². The Labute approximate surface area is 148 Å². The Kier molecular flexibility index (Phi) is 5.16. The molecular weight excluding hydrogens is 320 g/mol. The molecule has 0 bridgehead atoms. The smallest absolute Gasteiger partial charge is 0.238 e. The minimum Gasteiger partial charge on any atom is -0.493 e. The van der Waals surface area contributed by atoms with Crippen LogP contribution in [0.4, 0.5) is 0 Å². The fraction of sp³-hybridized carbons (Fsp3) is 0.579. The van der Waals surface area contributed by atoms with Gasteiger partial charge in [-0.05, 0) is 49.8 Å². The number of nitrogens with zero attached hydrogens (tertiary/aromatic N) is 1. The molecular formula is C19H26N2O4. The summed E-state index contributed by atoms with van der Waals surface area (Å²) in [6, 6.07) is 5.53. The van der Waals surface area contributed by atoms with E-state index in [-0.39, 0.29) is 11.8 Å². The maximum atomic E-state index is 12.7. The molecule has 1 heterocycles. The number of rotatable bonds is 6. The first-order valence-electron chi connectivity index (χ1n) is 8.89. The molecule has 25 heavy (non-hydrogen) atoms. The SMILES string of the molecule is COc1ccc(CNC(=O)C2(C(=O)N3CCCCC3)CC2)cc1OC. The molecule has 1 saturated heterocycles. The molecule has 0 atom stereocenters. The van der Waals surface area contributed by atoms with Gasteiger partial charge in [-0.3, -0.25) is 9.59 Å². The highest BCUT2D eigenvalue weighted by Gasteiger charge is 2.57. The van der Waals surface area contributed by atoms with Gasteiger partial charge in [0.15, 0.2) is 11.5 Å². The third kappa shape index (κ3) is 3.57. The lowest BCUT2D eigenvalue weighted by molar-refractivity contribution is -0.145. The molecule has 0 unspecified atom stereocenters. The molecule has 2 amide bonds. The highest BCUT2D eigenvalue weighted by molar-refractivity contribution is 6.07. The third-order valence-corrected chi connectivity index (χ3v) is 5.14. The van der Waals surface area contributed by atoms with Crippen molar-refractivity contribution in [1.82, 2.24) is 10.2 Å². The first-order valence-corrected chi connectivity index (χ1v) is 8.89. The second-order valence-corrected chi connectivity index (χ2v) is 6.81. The van der Waals surface area contributed by atoms with Crippen molar-refractivity contribution in [3.8, 4) is 11.5 Å². The second kappa shape index (κ2) is 7.33. The van der Waals surface area contributed by atoms with Crippen LogP contribution in [-0.2, 0) is 16.1 Å². The van der Waals surface area contributed by atoms with Crippen molar-refractivity contribution >= 4 is 11.8 Å². The van der Waals surface area contributed by atoms with Crippen LogP contribution in [0.3, 0.4) is 0 Å². The molecule has 0 aromatic heterocycles. The summed E-state index contributed by atoms with van der Waals surface area (Å²) >= 11 is 0. The van der Waals surface area contributed by atoms with E-state index in [2.05, 4.69) is 5.32 Å². The molecule has 1 aliphatic carbocycles. The van der Waals surface area contributed by atoms with Crippen LogP contribution in [0.15, 0.2) is 18.2 Å². The minimum atomic E-state index is -0.825. The fourth-order valence-electron chi connectivity index (χ4n) is 3.40. The summed E-state index contributed by atoms with van der Waals surface area (Å²) in [7, 11) is 3.17. The molecule has 1 aromatic rings. The fourth-order valence-corrected chi connectivity index (χ4v) is 3.40. The first kappa shape index (κ1) is 17.6. The van der Waals surface area contributed by atoms with E-state index < -0.39 is 5.41 Å². The van der Waals surface area contributed by atoms with Crippen molar-refractivity contribution in [2.24, 2.45) is 5.41 Å². The van der Waals surface area contributed by atoms with E-state index in [0.29, 0.717) is 30.9 Å². The van der Waals surface area contributed by atoms with Crippen molar-refractivity contribution in [1.29, 1.82) is 0 Å². The van der Waals surface area contributed by atoms with Gasteiger partial charge in [-0.15, -0.1) is 0 Å². The molecule has 1 aromatic carbocycles. The summed E-state index contributed by atoms with van der Waals surface area (Å²) in [4.78, 5) is 27.3. The van der Waals surface area contributed by atoms with Crippen LogP contribution < -0.4 is 14.8 Å². The second-order valence-electron chi connectivity index (χ2n) is 6.81. The van der Waals surface area contributed by atoms with E-state index in [4.69, 9.17) is 9.47 Å². The average molecular weight is 346 g/mol. The van der Waals surface area contributed by atoms with Gasteiger partial charge in [0.05, 0.1) is 14.2 Å². The Morgan fingerprint density at radius 2 is 1.76 bits per heavy atom. The predicted octanol–water partition coefficient (Wildman–Crippen LogP) is 2.11. The summed E-state index contributed by atoms with van der Waals surface area (Å²) in [6.07, 6.45) is 4.55. The predicted molar refractivity (Wildman–Crippen MR) is 93.5 cm³/mol. The number of hydrogen-bond donors (Lipinski definition) is 1. The quantitative estimate of drug-likeness (QED) is 0.801. The Bertz CT molecular complexity index is 649. The average Bonchev–Trinajstić information content (AvgIpc) is 3.48. The van der Waals surface area contributed by atoms with Gasteiger partial charge in [0.2, 0.25) is 11.8 Å². The van der Waals surface area contributed by atoms with E-state index in [0.717, 1.165) is 31.5 Å². The van der Waals surface area contributed by atoms with E-state index in [1.165, 1.54) is 6.42 Å². The van der Waals surface area contributed by atoms with E-state index in [1.807, 2.05) is 23.1 Å². The summed E-state index contributed by atoms with van der Waals surface area (Å²) in [5, 5.41) is 2.93.